The van der Waals surface area contributed by atoms with E-state index in [2.05, 4.69) is 65.8 Å². The Hall–Kier alpha value is -1.37. The smallest absolute Gasteiger partial charge is 0.137 e. The minimum atomic E-state index is 0.353. The summed E-state index contributed by atoms with van der Waals surface area (Å²) in [6, 6.07) is 4.64. The molecule has 1 aromatic carbocycles. The van der Waals surface area contributed by atoms with Crippen LogP contribution in [0.2, 0.25) is 0 Å². The molecule has 1 aromatic rings. The van der Waals surface area contributed by atoms with Gasteiger partial charge in [0.1, 0.15) is 5.78 Å². The predicted molar refractivity (Wildman–Crippen MR) is 124 cm³/mol. The van der Waals surface area contributed by atoms with E-state index < -0.39 is 0 Å². The maximum Gasteiger partial charge on any atom is 0.137 e. The summed E-state index contributed by atoms with van der Waals surface area (Å²) in [5.74, 6) is 3.83. The van der Waals surface area contributed by atoms with E-state index in [0.29, 0.717) is 47.7 Å². The van der Waals surface area contributed by atoms with Gasteiger partial charge in [-0.2, -0.15) is 0 Å². The molecule has 1 fully saturated rings. The fourth-order valence-corrected chi connectivity index (χ4v) is 6.11. The molecule has 0 saturated heterocycles. The fourth-order valence-electron chi connectivity index (χ4n) is 6.11. The number of rotatable bonds is 7. The second-order valence-electron chi connectivity index (χ2n) is 10.6. The van der Waals surface area contributed by atoms with Crippen molar-refractivity contribution >= 4 is 5.78 Å². The van der Waals surface area contributed by atoms with Crippen LogP contribution in [0.4, 0.5) is 0 Å². The summed E-state index contributed by atoms with van der Waals surface area (Å²) in [7, 11) is 0. The maximum absolute atomic E-state index is 12.0. The summed E-state index contributed by atoms with van der Waals surface area (Å²) < 4.78 is 0. The number of ketones is 1. The number of hydrogen-bond donors (Lipinski definition) is 0. The zero-order valence-corrected chi connectivity index (χ0v) is 19.8. The van der Waals surface area contributed by atoms with Gasteiger partial charge >= 0.3 is 0 Å². The molecule has 0 heterocycles. The topological polar surface area (TPSA) is 17.1 Å². The summed E-state index contributed by atoms with van der Waals surface area (Å²) in [5, 5.41) is 0. The largest absolute Gasteiger partial charge is 0.299 e. The van der Waals surface area contributed by atoms with E-state index in [1.165, 1.54) is 36.8 Å². The summed E-state index contributed by atoms with van der Waals surface area (Å²) >= 11 is 0. The van der Waals surface area contributed by atoms with E-state index >= 15 is 0 Å². The molecule has 0 radical (unpaired) electrons. The van der Waals surface area contributed by atoms with Gasteiger partial charge in [0.2, 0.25) is 0 Å². The molecule has 2 aliphatic carbocycles. The van der Waals surface area contributed by atoms with Gasteiger partial charge in [-0.15, -0.1) is 0 Å². The number of fused-ring (bicyclic) bond motifs is 3. The Labute approximate surface area is 179 Å². The monoisotopic (exact) mass is 394 g/mol. The lowest BCUT2D eigenvalue weighted by Gasteiger charge is -2.44. The second-order valence-corrected chi connectivity index (χ2v) is 10.6. The van der Waals surface area contributed by atoms with Crippen LogP contribution >= 0.6 is 0 Å². The average molecular weight is 395 g/mol. The molecule has 5 atom stereocenters. The first kappa shape index (κ1) is 22.3. The molecule has 160 valence electrons. The Bertz CT molecular complexity index is 771. The van der Waals surface area contributed by atoms with Crippen molar-refractivity contribution < 1.29 is 4.79 Å². The first-order chi connectivity index (χ1) is 13.7. The van der Waals surface area contributed by atoms with Crippen LogP contribution in [-0.4, -0.2) is 5.78 Å². The molecule has 0 aliphatic heterocycles. The SMILES string of the molecule is CCC(=O)Cc1ccc2c(c1C)CC[C@]1(C)[C@@H]([C@H](C)C=C[C@H](C)C(C)C)CC[C@@H]21. The van der Waals surface area contributed by atoms with Gasteiger partial charge in [0.15, 0.2) is 0 Å². The van der Waals surface area contributed by atoms with Crippen molar-refractivity contribution in [2.45, 2.75) is 92.9 Å². The Kier molecular flexibility index (Phi) is 6.76. The molecule has 0 aromatic heterocycles. The van der Waals surface area contributed by atoms with Gasteiger partial charge in [-0.25, -0.2) is 0 Å². The number of carbonyl (C=O) groups is 1. The van der Waals surface area contributed by atoms with Crippen LogP contribution in [0.25, 0.3) is 0 Å². The lowest BCUT2D eigenvalue weighted by Crippen LogP contribution is -2.35. The molecule has 0 amide bonds. The van der Waals surface area contributed by atoms with Gasteiger partial charge in [0.25, 0.3) is 0 Å². The molecule has 3 rings (SSSR count). The van der Waals surface area contributed by atoms with Crippen molar-refractivity contribution in [1.29, 1.82) is 0 Å². The number of benzene rings is 1. The van der Waals surface area contributed by atoms with Gasteiger partial charge in [0, 0.05) is 12.8 Å². The molecule has 0 bridgehead atoms. The third-order valence-corrected chi connectivity index (χ3v) is 8.63. The van der Waals surface area contributed by atoms with E-state index in [-0.39, 0.29) is 0 Å². The van der Waals surface area contributed by atoms with Crippen LogP contribution in [0, 0.1) is 36.0 Å². The Morgan fingerprint density at radius 1 is 1.17 bits per heavy atom. The number of hydrogen-bond acceptors (Lipinski definition) is 1. The van der Waals surface area contributed by atoms with E-state index in [4.69, 9.17) is 0 Å². The van der Waals surface area contributed by atoms with E-state index in [9.17, 15) is 4.79 Å². The highest BCUT2D eigenvalue weighted by Crippen LogP contribution is 2.61. The van der Waals surface area contributed by atoms with Crippen molar-refractivity contribution in [3.8, 4) is 0 Å². The maximum atomic E-state index is 12.0. The highest BCUT2D eigenvalue weighted by molar-refractivity contribution is 5.81. The lowest BCUT2D eigenvalue weighted by molar-refractivity contribution is -0.118. The van der Waals surface area contributed by atoms with E-state index in [0.717, 1.165) is 5.92 Å². The quantitative estimate of drug-likeness (QED) is 0.439. The molecule has 0 N–H and O–H groups in total. The standard InChI is InChI=1S/C28H42O/c1-8-23(29)17-22-11-12-25-24(21(22)6)15-16-28(7)26(13-14-27(25)28)20(5)10-9-19(4)18(2)3/h9-12,18-20,26-27H,8,13-17H2,1-7H3/t19-,20+,26+,27-,28+/m0/s1. The number of allylic oxidation sites excluding steroid dienone is 2. The average Bonchev–Trinajstić information content (AvgIpc) is 3.05. The van der Waals surface area contributed by atoms with Gasteiger partial charge in [-0.1, -0.05) is 65.8 Å². The molecule has 2 aliphatic rings. The minimum absolute atomic E-state index is 0.353. The number of carbonyl (C=O) groups excluding carboxylic acids is 1. The van der Waals surface area contributed by atoms with Gasteiger partial charge < -0.3 is 0 Å². The van der Waals surface area contributed by atoms with Crippen LogP contribution in [0.3, 0.4) is 0 Å². The zero-order chi connectivity index (χ0) is 21.3. The van der Waals surface area contributed by atoms with E-state index in [1.807, 2.05) is 6.92 Å². The summed E-state index contributed by atoms with van der Waals surface area (Å²) in [4.78, 5) is 12.0. The van der Waals surface area contributed by atoms with Crippen molar-refractivity contribution in [2.75, 3.05) is 0 Å². The first-order valence-electron chi connectivity index (χ1n) is 12.0. The van der Waals surface area contributed by atoms with E-state index in [1.54, 1.807) is 11.1 Å². The third-order valence-electron chi connectivity index (χ3n) is 8.63. The molecular formula is C28H42O. The normalized spacial score (nSPS) is 28.4. The van der Waals surface area contributed by atoms with Crippen LogP contribution < -0.4 is 0 Å². The number of Topliss-reactive ketones (excluding diaryl/α,β-unsaturated/α-hetero) is 1. The molecule has 0 unspecified atom stereocenters. The summed E-state index contributed by atoms with van der Waals surface area (Å²) in [5.41, 5.74) is 6.22. The Morgan fingerprint density at radius 2 is 1.90 bits per heavy atom. The van der Waals surface area contributed by atoms with Crippen molar-refractivity contribution in [2.24, 2.45) is 29.1 Å². The van der Waals surface area contributed by atoms with Crippen LogP contribution in [-0.2, 0) is 17.6 Å². The molecule has 1 nitrogen and oxygen atoms in total. The van der Waals surface area contributed by atoms with Crippen molar-refractivity contribution in [1.82, 2.24) is 0 Å². The van der Waals surface area contributed by atoms with Crippen LogP contribution in [0.5, 0.6) is 0 Å². The molecule has 29 heavy (non-hydrogen) atoms. The molecular weight excluding hydrogens is 352 g/mol. The molecule has 1 heteroatoms. The van der Waals surface area contributed by atoms with Gasteiger partial charge in [-0.05, 0) is 89.9 Å². The van der Waals surface area contributed by atoms with Crippen LogP contribution in [0.1, 0.15) is 95.4 Å². The lowest BCUT2D eigenvalue weighted by atomic mass is 9.60. The molecule has 1 saturated carbocycles. The second kappa shape index (κ2) is 8.78. The highest BCUT2D eigenvalue weighted by atomic mass is 16.1. The third kappa shape index (κ3) is 4.25. The summed E-state index contributed by atoms with van der Waals surface area (Å²) in [6.45, 7) is 16.2. The first-order valence-corrected chi connectivity index (χ1v) is 12.0. The van der Waals surface area contributed by atoms with Gasteiger partial charge in [-0.3, -0.25) is 4.79 Å². The fraction of sp³-hybridized carbons (Fsp3) is 0.679. The Balaban J connectivity index is 1.83. The summed E-state index contributed by atoms with van der Waals surface area (Å²) in [6.07, 6.45) is 11.4. The Morgan fingerprint density at radius 3 is 2.55 bits per heavy atom. The highest BCUT2D eigenvalue weighted by Gasteiger charge is 2.50. The minimum Gasteiger partial charge on any atom is -0.299 e. The van der Waals surface area contributed by atoms with Gasteiger partial charge in [0.05, 0.1) is 0 Å². The van der Waals surface area contributed by atoms with Crippen molar-refractivity contribution in [3.63, 3.8) is 0 Å². The van der Waals surface area contributed by atoms with Crippen LogP contribution in [0.15, 0.2) is 24.3 Å². The van der Waals surface area contributed by atoms with Crippen molar-refractivity contribution in [3.05, 3.63) is 46.5 Å². The predicted octanol–water partition coefficient (Wildman–Crippen LogP) is 7.45. The zero-order valence-electron chi connectivity index (χ0n) is 19.8. The molecule has 0 spiro atoms.